The first kappa shape index (κ1) is 12.8. The molecule has 0 aliphatic rings. The molecule has 0 fully saturated rings. The number of nitrogens with zero attached hydrogens (tertiary/aromatic N) is 4. The molecule has 0 amide bonds. The highest BCUT2D eigenvalue weighted by Gasteiger charge is 2.14. The van der Waals surface area contributed by atoms with Crippen LogP contribution in [0.2, 0.25) is 0 Å². The van der Waals surface area contributed by atoms with Crippen LogP contribution in [-0.2, 0) is 13.6 Å². The minimum absolute atomic E-state index is 0.0350. The van der Waals surface area contributed by atoms with Crippen LogP contribution in [0, 0.1) is 5.92 Å². The Bertz CT molecular complexity index is 497. The summed E-state index contributed by atoms with van der Waals surface area (Å²) in [7, 11) is 1.99. The van der Waals surface area contributed by atoms with Gasteiger partial charge in [0.25, 0.3) is 0 Å². The maximum atomic E-state index is 6.22. The second-order valence-electron chi connectivity index (χ2n) is 5.14. The quantitative estimate of drug-likeness (QED) is 0.875. The molecule has 5 heteroatoms. The Morgan fingerprint density at radius 2 is 2.17 bits per heavy atom. The van der Waals surface area contributed by atoms with Crippen molar-refractivity contribution in [1.29, 1.82) is 0 Å². The molecular weight excluding hydrogens is 226 g/mol. The van der Waals surface area contributed by atoms with E-state index < -0.39 is 0 Å². The first-order valence-corrected chi connectivity index (χ1v) is 6.29. The van der Waals surface area contributed by atoms with Gasteiger partial charge in [0.15, 0.2) is 0 Å². The van der Waals surface area contributed by atoms with Crippen LogP contribution in [0.5, 0.6) is 0 Å². The zero-order chi connectivity index (χ0) is 13.1. The Kier molecular flexibility index (Phi) is 3.81. The van der Waals surface area contributed by atoms with Gasteiger partial charge in [-0.25, -0.2) is 9.97 Å². The molecule has 18 heavy (non-hydrogen) atoms. The Balaban J connectivity index is 2.15. The molecule has 2 rings (SSSR count). The van der Waals surface area contributed by atoms with Crippen molar-refractivity contribution in [2.24, 2.45) is 18.7 Å². The number of nitrogens with two attached hydrogens (primary N) is 1. The Morgan fingerprint density at radius 3 is 2.78 bits per heavy atom. The summed E-state index contributed by atoms with van der Waals surface area (Å²) < 4.78 is 4.09. The Morgan fingerprint density at radius 1 is 1.39 bits per heavy atom. The van der Waals surface area contributed by atoms with E-state index in [4.69, 9.17) is 5.73 Å². The van der Waals surface area contributed by atoms with Crippen molar-refractivity contribution < 1.29 is 0 Å². The van der Waals surface area contributed by atoms with Crippen molar-refractivity contribution in [2.45, 2.75) is 32.9 Å². The molecule has 1 unspecified atom stereocenters. The fraction of sp³-hybridized carbons (Fsp3) is 0.538. The monoisotopic (exact) mass is 247 g/mol. The van der Waals surface area contributed by atoms with Gasteiger partial charge in [-0.05, 0) is 12.3 Å². The van der Waals surface area contributed by atoms with Gasteiger partial charge in [-0.3, -0.25) is 0 Å². The maximum Gasteiger partial charge on any atom is 0.128 e. The third-order valence-corrected chi connectivity index (χ3v) is 3.08. The van der Waals surface area contributed by atoms with E-state index in [-0.39, 0.29) is 6.04 Å². The highest BCUT2D eigenvalue weighted by Crippen LogP contribution is 2.18. The molecule has 0 radical (unpaired) electrons. The minimum atomic E-state index is 0.0350. The van der Waals surface area contributed by atoms with Crippen LogP contribution in [0.3, 0.4) is 0 Å². The highest BCUT2D eigenvalue weighted by molar-refractivity contribution is 5.07. The third-order valence-electron chi connectivity index (χ3n) is 3.08. The van der Waals surface area contributed by atoms with E-state index in [0.717, 1.165) is 17.9 Å². The van der Waals surface area contributed by atoms with Crippen molar-refractivity contribution >= 4 is 0 Å². The summed E-state index contributed by atoms with van der Waals surface area (Å²) >= 11 is 0. The van der Waals surface area contributed by atoms with Crippen molar-refractivity contribution in [2.75, 3.05) is 0 Å². The molecule has 0 aliphatic carbocycles. The SMILES string of the molecule is CC(C)CC(N)c1cncn1Cc1nccn1C. The number of hydrogen-bond donors (Lipinski definition) is 1. The number of aryl methyl sites for hydroxylation is 1. The Hall–Kier alpha value is -1.62. The van der Waals surface area contributed by atoms with Crippen LogP contribution in [0.4, 0.5) is 0 Å². The van der Waals surface area contributed by atoms with Gasteiger partial charge in [0.1, 0.15) is 5.82 Å². The molecule has 2 heterocycles. The van der Waals surface area contributed by atoms with Crippen molar-refractivity contribution in [3.8, 4) is 0 Å². The number of imidazole rings is 2. The molecule has 0 aliphatic heterocycles. The second-order valence-corrected chi connectivity index (χ2v) is 5.14. The second kappa shape index (κ2) is 5.35. The molecule has 0 spiro atoms. The molecule has 1 atom stereocenters. The predicted molar refractivity (Wildman–Crippen MR) is 70.9 cm³/mol. The van der Waals surface area contributed by atoms with Crippen LogP contribution in [0.15, 0.2) is 24.9 Å². The van der Waals surface area contributed by atoms with Crippen molar-refractivity contribution in [3.63, 3.8) is 0 Å². The number of hydrogen-bond acceptors (Lipinski definition) is 3. The lowest BCUT2D eigenvalue weighted by molar-refractivity contribution is 0.486. The molecule has 2 N–H and O–H groups in total. The van der Waals surface area contributed by atoms with Gasteiger partial charge < -0.3 is 14.9 Å². The summed E-state index contributed by atoms with van der Waals surface area (Å²) in [6.07, 6.45) is 8.40. The summed E-state index contributed by atoms with van der Waals surface area (Å²) in [6.45, 7) is 5.07. The van der Waals surface area contributed by atoms with Crippen LogP contribution >= 0.6 is 0 Å². The lowest BCUT2D eigenvalue weighted by atomic mass is 10.0. The molecule has 0 bridgehead atoms. The number of aromatic nitrogens is 4. The Labute approximate surface area is 108 Å². The molecule has 98 valence electrons. The van der Waals surface area contributed by atoms with Crippen molar-refractivity contribution in [3.05, 3.63) is 36.4 Å². The fourth-order valence-corrected chi connectivity index (χ4v) is 2.10. The highest BCUT2D eigenvalue weighted by atomic mass is 15.1. The summed E-state index contributed by atoms with van der Waals surface area (Å²) in [4.78, 5) is 8.53. The van der Waals surface area contributed by atoms with Gasteiger partial charge in [0.05, 0.1) is 18.6 Å². The van der Waals surface area contributed by atoms with Gasteiger partial charge in [0, 0.05) is 31.7 Å². The zero-order valence-corrected chi connectivity index (χ0v) is 11.2. The predicted octanol–water partition coefficient (Wildman–Crippen LogP) is 1.71. The molecule has 0 saturated heterocycles. The smallest absolute Gasteiger partial charge is 0.128 e. The van der Waals surface area contributed by atoms with E-state index >= 15 is 0 Å². The van der Waals surface area contributed by atoms with Crippen LogP contribution < -0.4 is 5.73 Å². The van der Waals surface area contributed by atoms with E-state index in [2.05, 4.69) is 28.4 Å². The van der Waals surface area contributed by atoms with Gasteiger partial charge >= 0.3 is 0 Å². The lowest BCUT2D eigenvalue weighted by Gasteiger charge is -2.16. The van der Waals surface area contributed by atoms with Gasteiger partial charge in [-0.15, -0.1) is 0 Å². The van der Waals surface area contributed by atoms with Gasteiger partial charge in [0.2, 0.25) is 0 Å². The van der Waals surface area contributed by atoms with E-state index in [1.165, 1.54) is 0 Å². The largest absolute Gasteiger partial charge is 0.337 e. The molecular formula is C13H21N5. The van der Waals surface area contributed by atoms with Crippen LogP contribution in [-0.4, -0.2) is 19.1 Å². The van der Waals surface area contributed by atoms with E-state index in [0.29, 0.717) is 12.5 Å². The lowest BCUT2D eigenvalue weighted by Crippen LogP contribution is -2.18. The summed E-state index contributed by atoms with van der Waals surface area (Å²) in [5.74, 6) is 1.59. The summed E-state index contributed by atoms with van der Waals surface area (Å²) in [5, 5.41) is 0. The molecule has 2 aromatic rings. The standard InChI is InChI=1S/C13H21N5/c1-10(2)6-11(14)12-7-15-9-18(12)8-13-16-4-5-17(13)3/h4-5,7,9-11H,6,8,14H2,1-3H3. The first-order valence-electron chi connectivity index (χ1n) is 6.29. The topological polar surface area (TPSA) is 61.7 Å². The first-order chi connectivity index (χ1) is 8.58. The van der Waals surface area contributed by atoms with Gasteiger partial charge in [-0.2, -0.15) is 0 Å². The van der Waals surface area contributed by atoms with Crippen LogP contribution in [0.1, 0.15) is 37.8 Å². The van der Waals surface area contributed by atoms with Gasteiger partial charge in [-0.1, -0.05) is 13.8 Å². The van der Waals surface area contributed by atoms with E-state index in [1.54, 1.807) is 6.20 Å². The minimum Gasteiger partial charge on any atom is -0.337 e. The molecule has 2 aromatic heterocycles. The van der Waals surface area contributed by atoms with E-state index in [9.17, 15) is 0 Å². The normalized spacial score (nSPS) is 13.2. The molecule has 0 aromatic carbocycles. The van der Waals surface area contributed by atoms with E-state index in [1.807, 2.05) is 30.3 Å². The van der Waals surface area contributed by atoms with Crippen molar-refractivity contribution in [1.82, 2.24) is 19.1 Å². The maximum absolute atomic E-state index is 6.22. The molecule has 0 saturated carbocycles. The number of rotatable bonds is 5. The summed E-state index contributed by atoms with van der Waals surface area (Å²) in [6, 6.07) is 0.0350. The summed E-state index contributed by atoms with van der Waals surface area (Å²) in [5.41, 5.74) is 7.30. The third kappa shape index (κ3) is 2.79. The fourth-order valence-electron chi connectivity index (χ4n) is 2.10. The zero-order valence-electron chi connectivity index (χ0n) is 11.2. The average molecular weight is 247 g/mol. The molecule has 5 nitrogen and oxygen atoms in total. The van der Waals surface area contributed by atoms with Crippen LogP contribution in [0.25, 0.3) is 0 Å². The average Bonchev–Trinajstić information content (AvgIpc) is 2.88.